The summed E-state index contributed by atoms with van der Waals surface area (Å²) in [5.74, 6) is 4.91. The Kier molecular flexibility index (Phi) is 3.32. The lowest BCUT2D eigenvalue weighted by Crippen LogP contribution is -1.94. The minimum Gasteiger partial charge on any atom is -0.258 e. The molecule has 0 fully saturated rings. The van der Waals surface area contributed by atoms with Crippen molar-refractivity contribution in [2.45, 2.75) is 0 Å². The van der Waals surface area contributed by atoms with Crippen molar-refractivity contribution >= 4 is 5.69 Å². The third kappa shape index (κ3) is 2.31. The van der Waals surface area contributed by atoms with Crippen molar-refractivity contribution in [3.05, 3.63) is 63.7 Å². The molecule has 0 spiro atoms. The molecule has 0 aliphatic heterocycles. The Balaban J connectivity index is 2.70. The van der Waals surface area contributed by atoms with E-state index in [1.165, 1.54) is 6.07 Å². The number of nitrogens with zero attached hydrogens (tertiary/aromatic N) is 1. The summed E-state index contributed by atoms with van der Waals surface area (Å²) < 4.78 is 0. The summed E-state index contributed by atoms with van der Waals surface area (Å²) in [6.07, 6.45) is 10.7. The van der Waals surface area contributed by atoms with Crippen LogP contribution in [0.5, 0.6) is 0 Å². The van der Waals surface area contributed by atoms with E-state index >= 15 is 0 Å². The molecule has 0 radical (unpaired) electrons. The molecule has 0 saturated heterocycles. The van der Waals surface area contributed by atoms with Crippen LogP contribution in [-0.2, 0) is 0 Å². The minimum atomic E-state index is -0.482. The van der Waals surface area contributed by atoms with E-state index in [1.54, 1.807) is 30.3 Å². The minimum absolute atomic E-state index is 0.0777. The van der Waals surface area contributed by atoms with E-state index in [4.69, 9.17) is 12.8 Å². The lowest BCUT2D eigenvalue weighted by molar-refractivity contribution is -0.385. The Morgan fingerprint density at radius 3 is 2.42 bits per heavy atom. The number of terminal acetylenes is 2. The zero-order chi connectivity index (χ0) is 13.8. The van der Waals surface area contributed by atoms with E-state index in [0.717, 1.165) is 5.56 Å². The standard InChI is InChI=1S/C16H9NO2/c1-3-12-7-5-8-13(11-12)15-9-6-10-16(17(18)19)14(15)4-2/h1-2,5-11H. The second kappa shape index (κ2) is 5.08. The van der Waals surface area contributed by atoms with Gasteiger partial charge in [-0.15, -0.1) is 12.8 Å². The van der Waals surface area contributed by atoms with E-state index in [2.05, 4.69) is 11.8 Å². The van der Waals surface area contributed by atoms with Crippen molar-refractivity contribution in [1.82, 2.24) is 0 Å². The molecule has 0 amide bonds. The summed E-state index contributed by atoms with van der Waals surface area (Å²) in [4.78, 5) is 10.5. The zero-order valence-electron chi connectivity index (χ0n) is 9.96. The van der Waals surface area contributed by atoms with Gasteiger partial charge in [-0.3, -0.25) is 10.1 Å². The van der Waals surface area contributed by atoms with Gasteiger partial charge in [-0.25, -0.2) is 0 Å². The molecule has 3 nitrogen and oxygen atoms in total. The van der Waals surface area contributed by atoms with Gasteiger partial charge in [0, 0.05) is 17.2 Å². The van der Waals surface area contributed by atoms with E-state index in [0.29, 0.717) is 11.1 Å². The number of nitro benzene ring substituents is 1. The number of benzene rings is 2. The predicted octanol–water partition coefficient (Wildman–Crippen LogP) is 3.22. The Bertz CT molecular complexity index is 733. The molecule has 0 saturated carbocycles. The van der Waals surface area contributed by atoms with Gasteiger partial charge in [-0.1, -0.05) is 36.1 Å². The Morgan fingerprint density at radius 1 is 1.05 bits per heavy atom. The van der Waals surface area contributed by atoms with Crippen LogP contribution in [0.4, 0.5) is 5.69 Å². The van der Waals surface area contributed by atoms with Crippen molar-refractivity contribution in [1.29, 1.82) is 0 Å². The van der Waals surface area contributed by atoms with Gasteiger partial charge in [0.2, 0.25) is 0 Å². The molecule has 2 aromatic carbocycles. The molecule has 0 heterocycles. The molecule has 2 rings (SSSR count). The van der Waals surface area contributed by atoms with Crippen LogP contribution in [0.3, 0.4) is 0 Å². The quantitative estimate of drug-likeness (QED) is 0.464. The molecule has 3 heteroatoms. The van der Waals surface area contributed by atoms with E-state index in [1.807, 2.05) is 6.07 Å². The highest BCUT2D eigenvalue weighted by molar-refractivity contribution is 5.76. The molecular weight excluding hydrogens is 238 g/mol. The first-order valence-corrected chi connectivity index (χ1v) is 5.48. The van der Waals surface area contributed by atoms with Gasteiger partial charge >= 0.3 is 0 Å². The summed E-state index contributed by atoms with van der Waals surface area (Å²) in [7, 11) is 0. The topological polar surface area (TPSA) is 43.1 Å². The average molecular weight is 247 g/mol. The third-order valence-corrected chi connectivity index (χ3v) is 2.72. The first kappa shape index (κ1) is 12.4. The largest absolute Gasteiger partial charge is 0.285 e. The monoisotopic (exact) mass is 247 g/mol. The van der Waals surface area contributed by atoms with E-state index in [9.17, 15) is 10.1 Å². The summed E-state index contributed by atoms with van der Waals surface area (Å²) in [5, 5.41) is 11.0. The first-order valence-electron chi connectivity index (χ1n) is 5.48. The summed E-state index contributed by atoms with van der Waals surface area (Å²) in [5.41, 5.74) is 2.29. The van der Waals surface area contributed by atoms with Crippen LogP contribution in [0, 0.1) is 34.8 Å². The van der Waals surface area contributed by atoms with Gasteiger partial charge in [-0.05, 0) is 17.7 Å². The van der Waals surface area contributed by atoms with Crippen LogP contribution >= 0.6 is 0 Å². The van der Waals surface area contributed by atoms with E-state index < -0.39 is 4.92 Å². The van der Waals surface area contributed by atoms with Crippen LogP contribution < -0.4 is 0 Å². The van der Waals surface area contributed by atoms with E-state index in [-0.39, 0.29) is 11.3 Å². The van der Waals surface area contributed by atoms with Gasteiger partial charge in [0.05, 0.1) is 4.92 Å². The highest BCUT2D eigenvalue weighted by Crippen LogP contribution is 2.30. The molecule has 90 valence electrons. The molecule has 0 bridgehead atoms. The smallest absolute Gasteiger partial charge is 0.258 e. The summed E-state index contributed by atoms with van der Waals surface area (Å²) in [6, 6.07) is 11.9. The molecule has 0 unspecified atom stereocenters. The van der Waals surface area contributed by atoms with Gasteiger partial charge in [-0.2, -0.15) is 0 Å². The fourth-order valence-corrected chi connectivity index (χ4v) is 1.86. The van der Waals surface area contributed by atoms with Crippen LogP contribution in [0.25, 0.3) is 11.1 Å². The Labute approximate surface area is 111 Å². The normalized spacial score (nSPS) is 9.37. The summed E-state index contributed by atoms with van der Waals surface area (Å²) in [6.45, 7) is 0. The Morgan fingerprint density at radius 2 is 1.79 bits per heavy atom. The van der Waals surface area contributed by atoms with Crippen molar-refractivity contribution in [3.63, 3.8) is 0 Å². The third-order valence-electron chi connectivity index (χ3n) is 2.72. The molecule has 0 N–H and O–H groups in total. The maximum atomic E-state index is 11.0. The van der Waals surface area contributed by atoms with Gasteiger partial charge in [0.25, 0.3) is 5.69 Å². The van der Waals surface area contributed by atoms with Gasteiger partial charge < -0.3 is 0 Å². The molecule has 0 aliphatic rings. The first-order chi connectivity index (χ1) is 9.17. The fourth-order valence-electron chi connectivity index (χ4n) is 1.86. The molecule has 0 atom stereocenters. The number of hydrogen-bond donors (Lipinski definition) is 0. The van der Waals surface area contributed by atoms with Crippen molar-refractivity contribution < 1.29 is 4.92 Å². The highest BCUT2D eigenvalue weighted by Gasteiger charge is 2.16. The summed E-state index contributed by atoms with van der Waals surface area (Å²) >= 11 is 0. The molecule has 0 aliphatic carbocycles. The van der Waals surface area contributed by atoms with Crippen molar-refractivity contribution in [3.8, 4) is 35.8 Å². The lowest BCUT2D eigenvalue weighted by atomic mass is 9.97. The Hall–Kier alpha value is -3.04. The number of rotatable bonds is 2. The number of hydrogen-bond acceptors (Lipinski definition) is 2. The molecular formula is C16H9NO2. The van der Waals surface area contributed by atoms with Crippen molar-refractivity contribution in [2.24, 2.45) is 0 Å². The number of nitro groups is 1. The lowest BCUT2D eigenvalue weighted by Gasteiger charge is -2.06. The zero-order valence-corrected chi connectivity index (χ0v) is 9.96. The highest BCUT2D eigenvalue weighted by atomic mass is 16.6. The molecule has 0 aromatic heterocycles. The fraction of sp³-hybridized carbons (Fsp3) is 0. The van der Waals surface area contributed by atoms with Crippen LogP contribution in [0.2, 0.25) is 0 Å². The maximum absolute atomic E-state index is 11.0. The van der Waals surface area contributed by atoms with Crippen LogP contribution in [0.15, 0.2) is 42.5 Å². The van der Waals surface area contributed by atoms with Crippen LogP contribution in [0.1, 0.15) is 11.1 Å². The molecule has 2 aromatic rings. The average Bonchev–Trinajstić information content (AvgIpc) is 2.46. The maximum Gasteiger partial charge on any atom is 0.285 e. The SMILES string of the molecule is C#Cc1cccc(-c2cccc([N+](=O)[O-])c2C#C)c1. The second-order valence-electron chi connectivity index (χ2n) is 3.83. The van der Waals surface area contributed by atoms with Crippen LogP contribution in [-0.4, -0.2) is 4.92 Å². The predicted molar refractivity (Wildman–Crippen MR) is 74.4 cm³/mol. The van der Waals surface area contributed by atoms with Crippen molar-refractivity contribution in [2.75, 3.05) is 0 Å². The van der Waals surface area contributed by atoms with Gasteiger partial charge in [0.1, 0.15) is 5.56 Å². The molecule has 19 heavy (non-hydrogen) atoms. The van der Waals surface area contributed by atoms with Gasteiger partial charge in [0.15, 0.2) is 0 Å². The second-order valence-corrected chi connectivity index (χ2v) is 3.83.